The maximum atomic E-state index is 16.0. The second-order valence-electron chi connectivity index (χ2n) is 8.61. The van der Waals surface area contributed by atoms with Gasteiger partial charge in [0, 0.05) is 23.2 Å². The molecule has 10 heteroatoms. The van der Waals surface area contributed by atoms with Crippen LogP contribution in [-0.4, -0.2) is 30.8 Å². The molecule has 1 N–H and O–H groups in total. The fraction of sp³-hybridized carbons (Fsp3) is 0.381. The van der Waals surface area contributed by atoms with Crippen LogP contribution in [0.5, 0.6) is 0 Å². The molecular weight excluding hydrogens is 419 g/mol. The predicted octanol–water partition coefficient (Wildman–Crippen LogP) is 3.74. The fourth-order valence-corrected chi connectivity index (χ4v) is 5.28. The Morgan fingerprint density at radius 1 is 1.06 bits per heavy atom. The molecule has 3 aromatic rings. The Morgan fingerprint density at radius 3 is 2.39 bits per heavy atom. The van der Waals surface area contributed by atoms with Crippen LogP contribution in [0.25, 0.3) is 0 Å². The Hall–Kier alpha value is -2.88. The van der Waals surface area contributed by atoms with Gasteiger partial charge in [-0.15, -0.1) is 0 Å². The van der Waals surface area contributed by atoms with E-state index in [9.17, 15) is 18.3 Å². The standard InChI is InChI=1S/C21H17F5N4O/c22-14-2-3-15(16(23)5-14)20(31,10-30-12-27-11-29-30)21(25,26)19-7-18(8-19,9-19)13-1-4-17(24)28-6-13/h1-6,11-12,31H,7-10H2. The summed E-state index contributed by atoms with van der Waals surface area (Å²) in [7, 11) is 0. The van der Waals surface area contributed by atoms with Crippen molar-refractivity contribution < 1.29 is 27.1 Å². The Labute approximate surface area is 173 Å². The number of nitrogens with zero attached hydrogens (tertiary/aromatic N) is 4. The van der Waals surface area contributed by atoms with Gasteiger partial charge in [-0.2, -0.15) is 9.49 Å². The summed E-state index contributed by atoms with van der Waals surface area (Å²) in [6.45, 7) is -0.768. The van der Waals surface area contributed by atoms with Crippen LogP contribution in [0.2, 0.25) is 0 Å². The summed E-state index contributed by atoms with van der Waals surface area (Å²) in [5.41, 5.74) is -5.21. The van der Waals surface area contributed by atoms with Crippen molar-refractivity contribution in [2.45, 2.75) is 42.7 Å². The van der Waals surface area contributed by atoms with Gasteiger partial charge in [-0.25, -0.2) is 32.2 Å². The highest BCUT2D eigenvalue weighted by molar-refractivity contribution is 5.42. The highest BCUT2D eigenvalue weighted by atomic mass is 19.3. The largest absolute Gasteiger partial charge is 0.377 e. The minimum Gasteiger partial charge on any atom is -0.377 e. The summed E-state index contributed by atoms with van der Waals surface area (Å²) < 4.78 is 74.1. The summed E-state index contributed by atoms with van der Waals surface area (Å²) in [4.78, 5) is 7.28. The Bertz CT molecular complexity index is 1120. The highest BCUT2D eigenvalue weighted by Crippen LogP contribution is 2.80. The lowest BCUT2D eigenvalue weighted by atomic mass is 9.30. The van der Waals surface area contributed by atoms with Gasteiger partial charge in [-0.3, -0.25) is 0 Å². The maximum absolute atomic E-state index is 16.0. The maximum Gasteiger partial charge on any atom is 0.287 e. The number of pyridine rings is 1. The van der Waals surface area contributed by atoms with Crippen LogP contribution < -0.4 is 0 Å². The monoisotopic (exact) mass is 436 g/mol. The second-order valence-corrected chi connectivity index (χ2v) is 8.61. The summed E-state index contributed by atoms with van der Waals surface area (Å²) in [5, 5.41) is 15.1. The first-order chi connectivity index (χ1) is 14.6. The number of hydrogen-bond acceptors (Lipinski definition) is 4. The lowest BCUT2D eigenvalue weighted by molar-refractivity contribution is -0.347. The number of rotatable bonds is 6. The zero-order chi connectivity index (χ0) is 22.1. The molecule has 0 radical (unpaired) electrons. The van der Waals surface area contributed by atoms with E-state index in [2.05, 4.69) is 15.1 Å². The topological polar surface area (TPSA) is 63.8 Å². The lowest BCUT2D eigenvalue weighted by Crippen LogP contribution is -2.76. The van der Waals surface area contributed by atoms with E-state index in [-0.39, 0.29) is 19.3 Å². The first kappa shape index (κ1) is 20.0. The normalized spacial score (nSPS) is 26.6. The molecule has 6 rings (SSSR count). The lowest BCUT2D eigenvalue weighted by Gasteiger charge is -2.74. The van der Waals surface area contributed by atoms with Crippen molar-refractivity contribution in [1.29, 1.82) is 0 Å². The van der Waals surface area contributed by atoms with Gasteiger partial charge in [-0.05, 0) is 48.4 Å². The minimum atomic E-state index is -3.78. The van der Waals surface area contributed by atoms with E-state index in [0.29, 0.717) is 11.6 Å². The van der Waals surface area contributed by atoms with E-state index < -0.39 is 52.0 Å². The van der Waals surface area contributed by atoms with Crippen molar-refractivity contribution in [2.24, 2.45) is 5.41 Å². The van der Waals surface area contributed by atoms with Crippen LogP contribution in [0.4, 0.5) is 22.0 Å². The second kappa shape index (κ2) is 6.32. The molecule has 3 saturated carbocycles. The third kappa shape index (κ3) is 2.67. The number of alkyl halides is 2. The van der Waals surface area contributed by atoms with Crippen molar-refractivity contribution in [2.75, 3.05) is 0 Å². The van der Waals surface area contributed by atoms with E-state index in [1.54, 1.807) is 0 Å². The molecular formula is C21H17F5N4O. The molecule has 3 fully saturated rings. The quantitative estimate of drug-likeness (QED) is 0.473. The first-order valence-electron chi connectivity index (χ1n) is 9.61. The first-order valence-corrected chi connectivity index (χ1v) is 9.61. The molecule has 3 aliphatic rings. The van der Waals surface area contributed by atoms with E-state index in [1.165, 1.54) is 18.3 Å². The van der Waals surface area contributed by atoms with Crippen LogP contribution in [0.15, 0.2) is 49.2 Å². The number of halogens is 5. The van der Waals surface area contributed by atoms with Crippen molar-refractivity contribution in [3.05, 3.63) is 77.9 Å². The van der Waals surface area contributed by atoms with Gasteiger partial charge in [0.25, 0.3) is 5.92 Å². The summed E-state index contributed by atoms with van der Waals surface area (Å²) in [6.07, 6.45) is 3.67. The smallest absolute Gasteiger partial charge is 0.287 e. The van der Waals surface area contributed by atoms with Crippen LogP contribution in [0.3, 0.4) is 0 Å². The van der Waals surface area contributed by atoms with Gasteiger partial charge in [0.05, 0.1) is 6.54 Å². The Balaban J connectivity index is 1.52. The molecule has 0 amide bonds. The molecule has 2 aromatic heterocycles. The van der Waals surface area contributed by atoms with Crippen molar-refractivity contribution in [3.8, 4) is 0 Å². The molecule has 31 heavy (non-hydrogen) atoms. The van der Waals surface area contributed by atoms with Crippen molar-refractivity contribution in [3.63, 3.8) is 0 Å². The molecule has 1 unspecified atom stereocenters. The van der Waals surface area contributed by atoms with E-state index in [1.807, 2.05) is 0 Å². The van der Waals surface area contributed by atoms with Crippen LogP contribution >= 0.6 is 0 Å². The van der Waals surface area contributed by atoms with Gasteiger partial charge in [0.2, 0.25) is 5.95 Å². The molecule has 5 nitrogen and oxygen atoms in total. The molecule has 2 bridgehead atoms. The average Bonchev–Trinajstić information content (AvgIpc) is 3.13. The van der Waals surface area contributed by atoms with E-state index in [4.69, 9.17) is 0 Å². The number of benzene rings is 1. The van der Waals surface area contributed by atoms with Crippen molar-refractivity contribution in [1.82, 2.24) is 19.7 Å². The zero-order valence-electron chi connectivity index (χ0n) is 16.1. The molecule has 0 saturated heterocycles. The number of aliphatic hydroxyl groups is 1. The predicted molar refractivity (Wildman–Crippen MR) is 97.4 cm³/mol. The molecule has 2 heterocycles. The van der Waals surface area contributed by atoms with Gasteiger partial charge < -0.3 is 5.11 Å². The summed E-state index contributed by atoms with van der Waals surface area (Å²) in [6, 6.07) is 4.82. The molecule has 1 aromatic carbocycles. The molecule has 0 spiro atoms. The van der Waals surface area contributed by atoms with Crippen LogP contribution in [0, 0.1) is 23.0 Å². The van der Waals surface area contributed by atoms with Gasteiger partial charge in [-0.1, -0.05) is 6.07 Å². The van der Waals surface area contributed by atoms with Crippen LogP contribution in [0.1, 0.15) is 30.4 Å². The Morgan fingerprint density at radius 2 is 1.81 bits per heavy atom. The highest BCUT2D eigenvalue weighted by Gasteiger charge is 2.82. The SMILES string of the molecule is OC(Cn1cncn1)(c1ccc(F)cc1F)C(F)(F)C12CC(c3ccc(F)nc3)(C1)C2. The number of hydrogen-bond donors (Lipinski definition) is 1. The fourth-order valence-electron chi connectivity index (χ4n) is 5.28. The minimum absolute atomic E-state index is 0.0305. The average molecular weight is 436 g/mol. The number of aromatic nitrogens is 4. The zero-order valence-corrected chi connectivity index (χ0v) is 16.1. The van der Waals surface area contributed by atoms with Gasteiger partial charge >= 0.3 is 0 Å². The molecule has 1 atom stereocenters. The summed E-state index contributed by atoms with van der Waals surface area (Å²) in [5.74, 6) is -6.66. The van der Waals surface area contributed by atoms with Gasteiger partial charge in [0.1, 0.15) is 24.3 Å². The van der Waals surface area contributed by atoms with Crippen molar-refractivity contribution >= 4 is 0 Å². The van der Waals surface area contributed by atoms with Crippen LogP contribution in [-0.2, 0) is 17.6 Å². The molecule has 0 aliphatic heterocycles. The third-order valence-electron chi connectivity index (χ3n) is 6.79. The Kier molecular flexibility index (Phi) is 4.09. The van der Waals surface area contributed by atoms with E-state index >= 15 is 8.78 Å². The molecule has 3 aliphatic carbocycles. The van der Waals surface area contributed by atoms with E-state index in [0.717, 1.165) is 29.5 Å². The van der Waals surface area contributed by atoms with Gasteiger partial charge in [0.15, 0.2) is 5.60 Å². The summed E-state index contributed by atoms with van der Waals surface area (Å²) >= 11 is 0. The molecule has 162 valence electrons. The third-order valence-corrected chi connectivity index (χ3v) is 6.79.